The molecule has 1 aromatic rings. The number of aromatic nitrogens is 3. The summed E-state index contributed by atoms with van der Waals surface area (Å²) in [5.41, 5.74) is 4.67. The van der Waals surface area contributed by atoms with Crippen LogP contribution in [0.5, 0.6) is 0 Å². The van der Waals surface area contributed by atoms with Crippen molar-refractivity contribution in [2.75, 3.05) is 5.73 Å². The molecule has 3 N–H and O–H groups in total. The first-order chi connectivity index (χ1) is 8.25. The van der Waals surface area contributed by atoms with Crippen molar-refractivity contribution in [1.82, 2.24) is 15.2 Å². The Hall–Kier alpha value is -1.69. The van der Waals surface area contributed by atoms with Crippen molar-refractivity contribution in [3.63, 3.8) is 0 Å². The molecule has 0 saturated heterocycles. The molecular weight excluding hydrogens is 299 g/mol. The van der Waals surface area contributed by atoms with Crippen molar-refractivity contribution in [3.8, 4) is 0 Å². The third-order valence-corrected chi connectivity index (χ3v) is 1.94. The van der Waals surface area contributed by atoms with Crippen molar-refractivity contribution in [1.29, 1.82) is 0 Å². The van der Waals surface area contributed by atoms with Crippen LogP contribution in [0.2, 0.25) is 0 Å². The van der Waals surface area contributed by atoms with Crippen LogP contribution >= 0.6 is 0 Å². The van der Waals surface area contributed by atoms with E-state index in [1.165, 1.54) is 0 Å². The maximum Gasteiger partial charge on any atom is 0.460 e. The van der Waals surface area contributed by atoms with Gasteiger partial charge in [0.1, 0.15) is 0 Å². The number of nitrogens with zero attached hydrogens (tertiary/aromatic N) is 2. The Bertz CT molecular complexity index is 462. The number of halogens is 9. The molecule has 0 atom stereocenters. The van der Waals surface area contributed by atoms with Gasteiger partial charge in [-0.15, -0.1) is 5.10 Å². The van der Waals surface area contributed by atoms with Crippen molar-refractivity contribution in [2.24, 2.45) is 0 Å². The summed E-state index contributed by atoms with van der Waals surface area (Å²) in [6.45, 7) is 0. The van der Waals surface area contributed by atoms with Crippen LogP contribution in [0.3, 0.4) is 0 Å². The van der Waals surface area contributed by atoms with Gasteiger partial charge in [-0.3, -0.25) is 5.10 Å². The third-order valence-electron chi connectivity index (χ3n) is 1.94. The third kappa shape index (κ3) is 2.06. The lowest BCUT2D eigenvalue weighted by atomic mass is 10.0. The molecule has 13 heteroatoms. The number of nitrogen functional groups attached to an aromatic ring is 1. The maximum atomic E-state index is 13.1. The number of rotatable bonds is 3. The Morgan fingerprint density at radius 3 is 1.63 bits per heavy atom. The van der Waals surface area contributed by atoms with Gasteiger partial charge in [0.25, 0.3) is 0 Å². The summed E-state index contributed by atoms with van der Waals surface area (Å²) in [6.07, 6.45) is -6.88. The minimum Gasteiger partial charge on any atom is -0.367 e. The minimum absolute atomic E-state index is 1.03. The first-order valence-corrected chi connectivity index (χ1v) is 4.13. The molecular formula is C6H3F9N4. The zero-order valence-corrected chi connectivity index (χ0v) is 8.37. The second-order valence-corrected chi connectivity index (χ2v) is 3.26. The zero-order valence-electron chi connectivity index (χ0n) is 8.37. The van der Waals surface area contributed by atoms with Crippen LogP contribution < -0.4 is 5.73 Å². The van der Waals surface area contributed by atoms with E-state index >= 15 is 0 Å². The number of anilines is 1. The van der Waals surface area contributed by atoms with Gasteiger partial charge >= 0.3 is 23.9 Å². The summed E-state index contributed by atoms with van der Waals surface area (Å²) in [7, 11) is 0. The van der Waals surface area contributed by atoms with E-state index in [0.29, 0.717) is 0 Å². The second kappa shape index (κ2) is 3.90. The molecule has 0 unspecified atom stereocenters. The van der Waals surface area contributed by atoms with Crippen LogP contribution in [0, 0.1) is 0 Å². The SMILES string of the molecule is Nc1n[nH]c(C(F)(F)C(F)(F)C(F)(F)C(F)(F)F)n1. The maximum absolute atomic E-state index is 13.1. The molecule has 4 nitrogen and oxygen atoms in total. The van der Waals surface area contributed by atoms with Gasteiger partial charge in [0.15, 0.2) is 0 Å². The molecule has 19 heavy (non-hydrogen) atoms. The molecule has 0 aliphatic heterocycles. The summed E-state index contributed by atoms with van der Waals surface area (Å²) in [5.74, 6) is -23.0. The van der Waals surface area contributed by atoms with Crippen molar-refractivity contribution >= 4 is 5.95 Å². The quantitative estimate of drug-likeness (QED) is 0.842. The minimum atomic E-state index is -6.98. The molecule has 0 bridgehead atoms. The highest BCUT2D eigenvalue weighted by Gasteiger charge is 2.83. The highest BCUT2D eigenvalue weighted by Crippen LogP contribution is 2.55. The molecule has 1 heterocycles. The van der Waals surface area contributed by atoms with E-state index in [4.69, 9.17) is 0 Å². The predicted octanol–water partition coefficient (Wildman–Crippen LogP) is 2.31. The average Bonchev–Trinajstić information content (AvgIpc) is 2.63. The lowest BCUT2D eigenvalue weighted by Crippen LogP contribution is -2.59. The lowest BCUT2D eigenvalue weighted by Gasteiger charge is -2.32. The zero-order chi connectivity index (χ0) is 15.3. The summed E-state index contributed by atoms with van der Waals surface area (Å²) in [6, 6.07) is 0. The van der Waals surface area contributed by atoms with Gasteiger partial charge in [-0.05, 0) is 0 Å². The summed E-state index contributed by atoms with van der Waals surface area (Å²) in [5, 5.41) is 3.70. The van der Waals surface area contributed by atoms with Gasteiger partial charge in [0, 0.05) is 0 Å². The number of hydrogen-bond acceptors (Lipinski definition) is 3. The molecule has 110 valence electrons. The van der Waals surface area contributed by atoms with Crippen LogP contribution in [-0.4, -0.2) is 33.2 Å². The summed E-state index contributed by atoms with van der Waals surface area (Å²) < 4.78 is 112. The first-order valence-electron chi connectivity index (χ1n) is 4.13. The molecule has 1 rings (SSSR count). The van der Waals surface area contributed by atoms with Crippen molar-refractivity contribution in [2.45, 2.75) is 23.9 Å². The number of nitrogens with two attached hydrogens (primary N) is 1. The normalized spacial score (nSPS) is 14.8. The molecule has 0 aliphatic carbocycles. The molecule has 0 spiro atoms. The Kier molecular flexibility index (Phi) is 3.15. The van der Waals surface area contributed by atoms with Gasteiger partial charge in [-0.2, -0.15) is 44.5 Å². The van der Waals surface area contributed by atoms with Gasteiger partial charge in [-0.25, -0.2) is 0 Å². The highest BCUT2D eigenvalue weighted by atomic mass is 19.4. The topological polar surface area (TPSA) is 67.6 Å². The smallest absolute Gasteiger partial charge is 0.367 e. The summed E-state index contributed by atoms with van der Waals surface area (Å²) >= 11 is 0. The van der Waals surface area contributed by atoms with E-state index in [2.05, 4.69) is 15.8 Å². The standard InChI is InChI=1S/C6H3F9N4/c7-3(8,1-17-2(16)19-18-1)4(9,10)5(11,12)6(13,14)15/h(H3,16,17,18,19). The molecule has 0 radical (unpaired) electrons. The van der Waals surface area contributed by atoms with Gasteiger partial charge in [-0.1, -0.05) is 0 Å². The van der Waals surface area contributed by atoms with Gasteiger partial charge in [0.05, 0.1) is 0 Å². The number of aromatic amines is 1. The van der Waals surface area contributed by atoms with Crippen LogP contribution in [-0.2, 0) is 5.92 Å². The largest absolute Gasteiger partial charge is 0.460 e. The van der Waals surface area contributed by atoms with E-state index in [9.17, 15) is 39.5 Å². The fraction of sp³-hybridized carbons (Fsp3) is 0.667. The van der Waals surface area contributed by atoms with Crippen LogP contribution in [0.15, 0.2) is 0 Å². The number of alkyl halides is 9. The summed E-state index contributed by atoms with van der Waals surface area (Å²) in [4.78, 5) is 2.42. The first kappa shape index (κ1) is 15.4. The lowest BCUT2D eigenvalue weighted by molar-refractivity contribution is -0.400. The van der Waals surface area contributed by atoms with Crippen LogP contribution in [0.25, 0.3) is 0 Å². The molecule has 0 amide bonds. The van der Waals surface area contributed by atoms with Crippen molar-refractivity contribution in [3.05, 3.63) is 5.82 Å². The molecule has 0 fully saturated rings. The molecule has 0 saturated carbocycles. The number of nitrogens with one attached hydrogen (secondary N) is 1. The fourth-order valence-electron chi connectivity index (χ4n) is 0.939. The predicted molar refractivity (Wildman–Crippen MR) is 40.6 cm³/mol. The Labute approximate surface area is 97.3 Å². The number of H-pyrrole nitrogens is 1. The second-order valence-electron chi connectivity index (χ2n) is 3.26. The van der Waals surface area contributed by atoms with E-state index in [1.54, 1.807) is 0 Å². The molecule has 0 aromatic carbocycles. The Morgan fingerprint density at radius 1 is 0.842 bits per heavy atom. The van der Waals surface area contributed by atoms with Gasteiger partial charge in [0.2, 0.25) is 11.8 Å². The van der Waals surface area contributed by atoms with Crippen molar-refractivity contribution < 1.29 is 39.5 Å². The van der Waals surface area contributed by atoms with Gasteiger partial charge < -0.3 is 5.73 Å². The van der Waals surface area contributed by atoms with Crippen LogP contribution in [0.4, 0.5) is 45.5 Å². The van der Waals surface area contributed by atoms with Crippen LogP contribution in [0.1, 0.15) is 5.82 Å². The van der Waals surface area contributed by atoms with E-state index in [1.807, 2.05) is 0 Å². The Morgan fingerprint density at radius 2 is 1.32 bits per heavy atom. The highest BCUT2D eigenvalue weighted by molar-refractivity contribution is 5.18. The Balaban J connectivity index is 3.33. The van der Waals surface area contributed by atoms with E-state index in [-0.39, 0.29) is 0 Å². The fourth-order valence-corrected chi connectivity index (χ4v) is 0.939. The molecule has 1 aromatic heterocycles. The molecule has 0 aliphatic rings. The number of hydrogen-bond donors (Lipinski definition) is 2. The average molecular weight is 302 g/mol. The van der Waals surface area contributed by atoms with E-state index in [0.717, 1.165) is 5.10 Å². The van der Waals surface area contributed by atoms with E-state index < -0.39 is 35.7 Å². The monoisotopic (exact) mass is 302 g/mol.